The third-order valence-corrected chi connectivity index (χ3v) is 3.40. The summed E-state index contributed by atoms with van der Waals surface area (Å²) in [4.78, 5) is 2.56. The van der Waals surface area contributed by atoms with E-state index in [0.29, 0.717) is 0 Å². The Kier molecular flexibility index (Phi) is 1.48. The summed E-state index contributed by atoms with van der Waals surface area (Å²) in [5.74, 6) is 2.02. The first-order valence-electron chi connectivity index (χ1n) is 4.49. The smallest absolute Gasteiger partial charge is 0.0124 e. The molecule has 0 aromatic carbocycles. The summed E-state index contributed by atoms with van der Waals surface area (Å²) in [6.45, 7) is 3.75. The summed E-state index contributed by atoms with van der Waals surface area (Å²) in [6.07, 6.45) is 4.44. The summed E-state index contributed by atoms with van der Waals surface area (Å²) in [5, 5.41) is 0. The molecule has 0 bridgehead atoms. The molecule has 1 saturated heterocycles. The maximum atomic E-state index is 2.56. The molecule has 1 aliphatic carbocycles. The molecule has 0 amide bonds. The Balaban J connectivity index is 2.11. The van der Waals surface area contributed by atoms with Crippen molar-refractivity contribution in [2.75, 3.05) is 13.6 Å². The summed E-state index contributed by atoms with van der Waals surface area (Å²) in [5.41, 5.74) is 0. The van der Waals surface area contributed by atoms with Crippen LogP contribution in [0.2, 0.25) is 0 Å². The molecular formula is C9H17N. The maximum Gasteiger partial charge on any atom is 0.0124 e. The molecule has 0 aromatic rings. The minimum atomic E-state index is 0.954. The molecule has 1 aliphatic heterocycles. The van der Waals surface area contributed by atoms with Gasteiger partial charge >= 0.3 is 0 Å². The van der Waals surface area contributed by atoms with Crippen molar-refractivity contribution in [3.8, 4) is 0 Å². The lowest BCUT2D eigenvalue weighted by Gasteiger charge is -2.17. The van der Waals surface area contributed by atoms with Crippen LogP contribution in [0.1, 0.15) is 26.2 Å². The normalized spacial score (nSPS) is 48.0. The van der Waals surface area contributed by atoms with Crippen molar-refractivity contribution < 1.29 is 0 Å². The van der Waals surface area contributed by atoms with E-state index in [0.717, 1.165) is 17.9 Å². The molecule has 1 saturated carbocycles. The second-order valence-electron chi connectivity index (χ2n) is 4.08. The standard InChI is InChI=1S/C9H17N/c1-7-6-10(2)9-5-3-4-8(7)9/h7-9H,3-6H2,1-2H3/t7-,8?,9?/m1/s1. The van der Waals surface area contributed by atoms with Crippen molar-refractivity contribution in [1.82, 2.24) is 4.90 Å². The van der Waals surface area contributed by atoms with Crippen LogP contribution in [-0.2, 0) is 0 Å². The van der Waals surface area contributed by atoms with Gasteiger partial charge < -0.3 is 4.90 Å². The zero-order valence-corrected chi connectivity index (χ0v) is 7.01. The highest BCUT2D eigenvalue weighted by atomic mass is 15.2. The molecule has 2 rings (SSSR count). The summed E-state index contributed by atoms with van der Waals surface area (Å²) in [7, 11) is 2.28. The van der Waals surface area contributed by atoms with Gasteiger partial charge in [-0.25, -0.2) is 0 Å². The summed E-state index contributed by atoms with van der Waals surface area (Å²) in [6, 6.07) is 0.954. The van der Waals surface area contributed by atoms with Crippen molar-refractivity contribution in [3.63, 3.8) is 0 Å². The predicted molar refractivity (Wildman–Crippen MR) is 42.9 cm³/mol. The van der Waals surface area contributed by atoms with Gasteiger partial charge in [-0.05, 0) is 31.7 Å². The van der Waals surface area contributed by atoms with Gasteiger partial charge in [0.25, 0.3) is 0 Å². The fourth-order valence-corrected chi connectivity index (χ4v) is 2.91. The molecular weight excluding hydrogens is 122 g/mol. The van der Waals surface area contributed by atoms with Gasteiger partial charge in [-0.15, -0.1) is 0 Å². The van der Waals surface area contributed by atoms with Crippen molar-refractivity contribution in [1.29, 1.82) is 0 Å². The van der Waals surface area contributed by atoms with E-state index in [-0.39, 0.29) is 0 Å². The van der Waals surface area contributed by atoms with Crippen LogP contribution in [0.5, 0.6) is 0 Å². The highest BCUT2D eigenvalue weighted by molar-refractivity contribution is 4.93. The van der Waals surface area contributed by atoms with Gasteiger partial charge in [-0.3, -0.25) is 0 Å². The fourth-order valence-electron chi connectivity index (χ4n) is 2.91. The second kappa shape index (κ2) is 2.23. The molecule has 2 unspecified atom stereocenters. The van der Waals surface area contributed by atoms with Gasteiger partial charge in [0.05, 0.1) is 0 Å². The number of likely N-dealkylation sites (tertiary alicyclic amines) is 1. The van der Waals surface area contributed by atoms with Crippen LogP contribution in [0, 0.1) is 11.8 Å². The van der Waals surface area contributed by atoms with E-state index in [1.807, 2.05) is 0 Å². The van der Waals surface area contributed by atoms with Crippen LogP contribution in [-0.4, -0.2) is 24.5 Å². The first-order chi connectivity index (χ1) is 4.79. The number of fused-ring (bicyclic) bond motifs is 1. The van der Waals surface area contributed by atoms with E-state index in [1.165, 1.54) is 25.8 Å². The van der Waals surface area contributed by atoms with Crippen LogP contribution in [0.15, 0.2) is 0 Å². The van der Waals surface area contributed by atoms with Crippen molar-refractivity contribution >= 4 is 0 Å². The van der Waals surface area contributed by atoms with E-state index in [2.05, 4.69) is 18.9 Å². The highest BCUT2D eigenvalue weighted by Crippen LogP contribution is 2.40. The SMILES string of the molecule is C[C@@H]1CN(C)C2CCCC21. The van der Waals surface area contributed by atoms with Gasteiger partial charge in [0.2, 0.25) is 0 Å². The lowest BCUT2D eigenvalue weighted by Crippen LogP contribution is -2.25. The summed E-state index contributed by atoms with van der Waals surface area (Å²) >= 11 is 0. The molecule has 10 heavy (non-hydrogen) atoms. The van der Waals surface area contributed by atoms with Crippen molar-refractivity contribution in [3.05, 3.63) is 0 Å². The van der Waals surface area contributed by atoms with Crippen molar-refractivity contribution in [2.45, 2.75) is 32.2 Å². The molecule has 0 spiro atoms. The predicted octanol–water partition coefficient (Wildman–Crippen LogP) is 1.74. The van der Waals surface area contributed by atoms with Gasteiger partial charge in [0, 0.05) is 12.6 Å². The summed E-state index contributed by atoms with van der Waals surface area (Å²) < 4.78 is 0. The zero-order valence-electron chi connectivity index (χ0n) is 7.01. The fraction of sp³-hybridized carbons (Fsp3) is 1.00. The van der Waals surface area contributed by atoms with Gasteiger partial charge in [-0.2, -0.15) is 0 Å². The maximum absolute atomic E-state index is 2.56. The number of hydrogen-bond acceptors (Lipinski definition) is 1. The lowest BCUT2D eigenvalue weighted by molar-refractivity contribution is 0.294. The third-order valence-electron chi connectivity index (χ3n) is 3.40. The number of hydrogen-bond donors (Lipinski definition) is 0. The molecule has 2 aliphatic rings. The third kappa shape index (κ3) is 0.800. The molecule has 0 aromatic heterocycles. The van der Waals surface area contributed by atoms with Crippen molar-refractivity contribution in [2.24, 2.45) is 11.8 Å². The van der Waals surface area contributed by atoms with E-state index in [4.69, 9.17) is 0 Å². The van der Waals surface area contributed by atoms with Crippen LogP contribution in [0.3, 0.4) is 0 Å². The Morgan fingerprint density at radius 2 is 2.10 bits per heavy atom. The topological polar surface area (TPSA) is 3.24 Å². The van der Waals surface area contributed by atoms with Crippen LogP contribution in [0.4, 0.5) is 0 Å². The van der Waals surface area contributed by atoms with E-state index >= 15 is 0 Å². The zero-order chi connectivity index (χ0) is 7.14. The van der Waals surface area contributed by atoms with E-state index in [1.54, 1.807) is 0 Å². The lowest BCUT2D eigenvalue weighted by atomic mass is 9.95. The first-order valence-corrected chi connectivity index (χ1v) is 4.49. The van der Waals surface area contributed by atoms with Gasteiger partial charge in [0.15, 0.2) is 0 Å². The molecule has 3 atom stereocenters. The van der Waals surface area contributed by atoms with Crippen LogP contribution < -0.4 is 0 Å². The molecule has 1 heteroatoms. The molecule has 58 valence electrons. The molecule has 0 N–H and O–H groups in total. The van der Waals surface area contributed by atoms with Gasteiger partial charge in [-0.1, -0.05) is 13.3 Å². The molecule has 1 nitrogen and oxygen atoms in total. The van der Waals surface area contributed by atoms with Crippen LogP contribution in [0.25, 0.3) is 0 Å². The van der Waals surface area contributed by atoms with E-state index in [9.17, 15) is 0 Å². The Morgan fingerprint density at radius 1 is 1.30 bits per heavy atom. The monoisotopic (exact) mass is 139 g/mol. The number of rotatable bonds is 0. The second-order valence-corrected chi connectivity index (χ2v) is 4.08. The Bertz CT molecular complexity index is 119. The average Bonchev–Trinajstić information content (AvgIpc) is 2.39. The minimum Gasteiger partial charge on any atom is -0.303 e. The Labute approximate surface area is 63.4 Å². The quantitative estimate of drug-likeness (QED) is 0.494. The average molecular weight is 139 g/mol. The molecule has 0 radical (unpaired) electrons. The van der Waals surface area contributed by atoms with Gasteiger partial charge in [0.1, 0.15) is 0 Å². The Morgan fingerprint density at radius 3 is 2.80 bits per heavy atom. The Hall–Kier alpha value is -0.0400. The van der Waals surface area contributed by atoms with Crippen LogP contribution >= 0.6 is 0 Å². The first kappa shape index (κ1) is 6.66. The largest absolute Gasteiger partial charge is 0.303 e. The minimum absolute atomic E-state index is 0.954. The number of nitrogens with zero attached hydrogens (tertiary/aromatic N) is 1. The molecule has 1 heterocycles. The highest BCUT2D eigenvalue weighted by Gasteiger charge is 2.39. The van der Waals surface area contributed by atoms with E-state index < -0.39 is 0 Å². The molecule has 2 fully saturated rings.